The van der Waals surface area contributed by atoms with Crippen LogP contribution in [0, 0.1) is 5.92 Å². The second kappa shape index (κ2) is 7.27. The molecule has 20 heavy (non-hydrogen) atoms. The SMILES string of the molecule is CCN(CC)C(=O)[C@@H]1CCCN(Cc2ccc(Br)o2)C1. The van der Waals surface area contributed by atoms with Crippen LogP contribution in [0.1, 0.15) is 32.4 Å². The van der Waals surface area contributed by atoms with Crippen molar-refractivity contribution in [2.24, 2.45) is 5.92 Å². The Morgan fingerprint density at radius 2 is 2.20 bits per heavy atom. The molecule has 2 rings (SSSR count). The maximum absolute atomic E-state index is 12.4. The molecule has 2 heterocycles. The number of hydrogen-bond donors (Lipinski definition) is 0. The molecule has 0 aliphatic carbocycles. The number of furan rings is 1. The normalized spacial score (nSPS) is 20.1. The molecule has 1 fully saturated rings. The Hall–Kier alpha value is -0.810. The summed E-state index contributed by atoms with van der Waals surface area (Å²) >= 11 is 3.32. The van der Waals surface area contributed by atoms with Gasteiger partial charge in [0.05, 0.1) is 12.5 Å². The van der Waals surface area contributed by atoms with E-state index < -0.39 is 0 Å². The highest BCUT2D eigenvalue weighted by Crippen LogP contribution is 2.22. The lowest BCUT2D eigenvalue weighted by atomic mass is 9.96. The van der Waals surface area contributed by atoms with E-state index in [0.717, 1.165) is 56.0 Å². The van der Waals surface area contributed by atoms with E-state index in [1.54, 1.807) is 0 Å². The molecule has 0 spiro atoms. The first kappa shape index (κ1) is 15.6. The van der Waals surface area contributed by atoms with Gasteiger partial charge in [-0.25, -0.2) is 0 Å². The van der Waals surface area contributed by atoms with Crippen LogP contribution < -0.4 is 0 Å². The summed E-state index contributed by atoms with van der Waals surface area (Å²) < 4.78 is 6.32. The van der Waals surface area contributed by atoms with E-state index in [1.165, 1.54) is 0 Å². The number of hydrogen-bond acceptors (Lipinski definition) is 3. The van der Waals surface area contributed by atoms with Crippen LogP contribution >= 0.6 is 15.9 Å². The standard InChI is InChI=1S/C15H23BrN2O2/c1-3-18(4-2)15(19)12-6-5-9-17(10-12)11-13-7-8-14(16)20-13/h7-8,12H,3-6,9-11H2,1-2H3/t12-/m1/s1. The minimum atomic E-state index is 0.141. The molecule has 0 N–H and O–H groups in total. The molecule has 1 aliphatic heterocycles. The zero-order chi connectivity index (χ0) is 14.5. The van der Waals surface area contributed by atoms with Gasteiger partial charge in [-0.05, 0) is 61.3 Å². The first-order chi connectivity index (χ1) is 9.63. The van der Waals surface area contributed by atoms with Gasteiger partial charge in [0.15, 0.2) is 4.67 Å². The molecular formula is C15H23BrN2O2. The van der Waals surface area contributed by atoms with Crippen LogP contribution in [-0.2, 0) is 11.3 Å². The first-order valence-electron chi connectivity index (χ1n) is 7.39. The van der Waals surface area contributed by atoms with Gasteiger partial charge >= 0.3 is 0 Å². The van der Waals surface area contributed by atoms with E-state index >= 15 is 0 Å². The quantitative estimate of drug-likeness (QED) is 0.824. The van der Waals surface area contributed by atoms with Crippen LogP contribution in [0.15, 0.2) is 21.2 Å². The van der Waals surface area contributed by atoms with Gasteiger partial charge in [0.1, 0.15) is 5.76 Å². The molecule has 1 amide bonds. The molecule has 4 nitrogen and oxygen atoms in total. The van der Waals surface area contributed by atoms with E-state index in [4.69, 9.17) is 4.42 Å². The fourth-order valence-corrected chi connectivity index (χ4v) is 3.19. The van der Waals surface area contributed by atoms with Crippen molar-refractivity contribution >= 4 is 21.8 Å². The number of amides is 1. The third kappa shape index (κ3) is 3.85. The highest BCUT2D eigenvalue weighted by Gasteiger charge is 2.28. The lowest BCUT2D eigenvalue weighted by molar-refractivity contribution is -0.137. The maximum atomic E-state index is 12.4. The molecule has 1 atom stereocenters. The lowest BCUT2D eigenvalue weighted by Crippen LogP contribution is -2.44. The molecule has 1 aromatic heterocycles. The molecule has 0 radical (unpaired) electrons. The monoisotopic (exact) mass is 342 g/mol. The van der Waals surface area contributed by atoms with E-state index in [0.29, 0.717) is 5.91 Å². The summed E-state index contributed by atoms with van der Waals surface area (Å²) in [5.41, 5.74) is 0. The highest BCUT2D eigenvalue weighted by atomic mass is 79.9. The maximum Gasteiger partial charge on any atom is 0.226 e. The van der Waals surface area contributed by atoms with E-state index in [1.807, 2.05) is 30.9 Å². The van der Waals surface area contributed by atoms with E-state index in [2.05, 4.69) is 20.8 Å². The minimum absolute atomic E-state index is 0.141. The van der Waals surface area contributed by atoms with Gasteiger partial charge in [0.25, 0.3) is 0 Å². The largest absolute Gasteiger partial charge is 0.453 e. The average Bonchev–Trinajstić information content (AvgIpc) is 2.85. The van der Waals surface area contributed by atoms with Crippen molar-refractivity contribution in [3.05, 3.63) is 22.6 Å². The fraction of sp³-hybridized carbons (Fsp3) is 0.667. The number of carbonyl (C=O) groups is 1. The smallest absolute Gasteiger partial charge is 0.226 e. The third-order valence-electron chi connectivity index (χ3n) is 3.94. The summed E-state index contributed by atoms with van der Waals surface area (Å²) in [5, 5.41) is 0. The zero-order valence-electron chi connectivity index (χ0n) is 12.3. The van der Waals surface area contributed by atoms with Crippen molar-refractivity contribution in [3.63, 3.8) is 0 Å². The van der Waals surface area contributed by atoms with Crippen LogP contribution in [0.3, 0.4) is 0 Å². The van der Waals surface area contributed by atoms with E-state index in [9.17, 15) is 4.79 Å². The summed E-state index contributed by atoms with van der Waals surface area (Å²) in [6.45, 7) is 8.36. The third-order valence-corrected chi connectivity index (χ3v) is 4.36. The van der Waals surface area contributed by atoms with Crippen molar-refractivity contribution in [2.45, 2.75) is 33.2 Å². The van der Waals surface area contributed by atoms with Gasteiger partial charge in [0.2, 0.25) is 5.91 Å². The molecule has 0 aromatic carbocycles. The molecule has 1 aliphatic rings. The number of halogens is 1. The van der Waals surface area contributed by atoms with Gasteiger partial charge in [-0.2, -0.15) is 0 Å². The number of nitrogens with zero attached hydrogens (tertiary/aromatic N) is 2. The van der Waals surface area contributed by atoms with Gasteiger partial charge in [-0.1, -0.05) is 0 Å². The van der Waals surface area contributed by atoms with Crippen molar-refractivity contribution in [1.29, 1.82) is 0 Å². The van der Waals surface area contributed by atoms with Crippen LogP contribution in [0.4, 0.5) is 0 Å². The lowest BCUT2D eigenvalue weighted by Gasteiger charge is -2.34. The molecule has 0 bridgehead atoms. The Balaban J connectivity index is 1.92. The zero-order valence-corrected chi connectivity index (χ0v) is 13.9. The number of piperidine rings is 1. The number of carbonyl (C=O) groups excluding carboxylic acids is 1. The predicted octanol–water partition coefficient (Wildman–Crippen LogP) is 3.12. The van der Waals surface area contributed by atoms with E-state index in [-0.39, 0.29) is 5.92 Å². The van der Waals surface area contributed by atoms with Crippen LogP contribution in [0.5, 0.6) is 0 Å². The van der Waals surface area contributed by atoms with Crippen LogP contribution in [-0.4, -0.2) is 41.9 Å². The Morgan fingerprint density at radius 3 is 2.80 bits per heavy atom. The fourth-order valence-electron chi connectivity index (χ4n) is 2.85. The van der Waals surface area contributed by atoms with Crippen molar-refractivity contribution < 1.29 is 9.21 Å². The second-order valence-electron chi connectivity index (χ2n) is 5.29. The minimum Gasteiger partial charge on any atom is -0.453 e. The Morgan fingerprint density at radius 1 is 1.45 bits per heavy atom. The number of likely N-dealkylation sites (tertiary alicyclic amines) is 1. The predicted molar refractivity (Wildman–Crippen MR) is 82.3 cm³/mol. The summed E-state index contributed by atoms with van der Waals surface area (Å²) in [4.78, 5) is 16.7. The van der Waals surface area contributed by atoms with Crippen molar-refractivity contribution in [3.8, 4) is 0 Å². The van der Waals surface area contributed by atoms with Gasteiger partial charge in [-0.15, -0.1) is 0 Å². The average molecular weight is 343 g/mol. The van der Waals surface area contributed by atoms with Crippen molar-refractivity contribution in [1.82, 2.24) is 9.80 Å². The number of rotatable bonds is 5. The second-order valence-corrected chi connectivity index (χ2v) is 6.07. The van der Waals surface area contributed by atoms with Gasteiger partial charge < -0.3 is 9.32 Å². The molecule has 5 heteroatoms. The van der Waals surface area contributed by atoms with Crippen LogP contribution in [0.2, 0.25) is 0 Å². The Labute approximate surface area is 129 Å². The molecule has 1 aromatic rings. The molecule has 0 saturated carbocycles. The topological polar surface area (TPSA) is 36.7 Å². The van der Waals surface area contributed by atoms with Crippen LogP contribution in [0.25, 0.3) is 0 Å². The first-order valence-corrected chi connectivity index (χ1v) is 8.18. The Kier molecular flexibility index (Phi) is 5.66. The summed E-state index contributed by atoms with van der Waals surface area (Å²) in [5.74, 6) is 1.40. The highest BCUT2D eigenvalue weighted by molar-refractivity contribution is 9.10. The van der Waals surface area contributed by atoms with Gasteiger partial charge in [-0.3, -0.25) is 9.69 Å². The Bertz CT molecular complexity index is 443. The van der Waals surface area contributed by atoms with Gasteiger partial charge in [0, 0.05) is 19.6 Å². The van der Waals surface area contributed by atoms with Crippen molar-refractivity contribution in [2.75, 3.05) is 26.2 Å². The summed E-state index contributed by atoms with van der Waals surface area (Å²) in [7, 11) is 0. The molecule has 1 saturated heterocycles. The summed E-state index contributed by atoms with van der Waals surface area (Å²) in [6.07, 6.45) is 2.09. The molecule has 0 unspecified atom stereocenters. The molecule has 112 valence electrons. The summed E-state index contributed by atoms with van der Waals surface area (Å²) in [6, 6.07) is 3.90. The molecular weight excluding hydrogens is 320 g/mol.